The molecule has 0 N–H and O–H groups in total. The maximum Gasteiger partial charge on any atom is 0.416 e. The number of carbonyl (C=O) groups excluding carboxylic acids is 2. The maximum absolute atomic E-state index is 12.6. The highest BCUT2D eigenvalue weighted by molar-refractivity contribution is 6.03. The minimum atomic E-state index is -4.43. The number of alkyl halides is 3. The van der Waals surface area contributed by atoms with Gasteiger partial charge < -0.3 is 9.47 Å². The molecule has 0 atom stereocenters. The van der Waals surface area contributed by atoms with Crippen LogP contribution < -0.4 is 0 Å². The van der Waals surface area contributed by atoms with Crippen molar-refractivity contribution in [1.82, 2.24) is 0 Å². The van der Waals surface area contributed by atoms with Gasteiger partial charge in [-0.25, -0.2) is 9.59 Å². The molecule has 0 amide bonds. The summed E-state index contributed by atoms with van der Waals surface area (Å²) in [6.07, 6.45) is 1.93. The summed E-state index contributed by atoms with van der Waals surface area (Å²) in [7, 11) is 0. The SMILES string of the molecule is CCCCCCCCOC(=O)c1ccccc1C(=O)OCc1ccc(C(F)(F)F)cc1. The van der Waals surface area contributed by atoms with E-state index in [2.05, 4.69) is 6.92 Å². The molecular formula is C24H27F3O4. The van der Waals surface area contributed by atoms with Crippen LogP contribution in [0.5, 0.6) is 0 Å². The molecule has 0 aliphatic heterocycles. The summed E-state index contributed by atoms with van der Waals surface area (Å²) in [5.74, 6) is -1.34. The van der Waals surface area contributed by atoms with E-state index in [1.165, 1.54) is 37.1 Å². The molecule has 0 spiro atoms. The van der Waals surface area contributed by atoms with Crippen molar-refractivity contribution < 1.29 is 32.2 Å². The van der Waals surface area contributed by atoms with E-state index in [0.717, 1.165) is 37.8 Å². The van der Waals surface area contributed by atoms with Gasteiger partial charge in [0.05, 0.1) is 23.3 Å². The topological polar surface area (TPSA) is 52.6 Å². The van der Waals surface area contributed by atoms with Crippen LogP contribution in [0.4, 0.5) is 13.2 Å². The third-order valence-electron chi connectivity index (χ3n) is 4.75. The molecule has 31 heavy (non-hydrogen) atoms. The van der Waals surface area contributed by atoms with Gasteiger partial charge in [0, 0.05) is 0 Å². The molecule has 0 aliphatic carbocycles. The minimum Gasteiger partial charge on any atom is -0.462 e. The predicted octanol–water partition coefficient (Wildman–Crippen LogP) is 6.58. The average Bonchev–Trinajstić information content (AvgIpc) is 2.76. The van der Waals surface area contributed by atoms with Crippen LogP contribution in [0.15, 0.2) is 48.5 Å². The van der Waals surface area contributed by atoms with Crippen molar-refractivity contribution >= 4 is 11.9 Å². The van der Waals surface area contributed by atoms with Crippen LogP contribution in [0.3, 0.4) is 0 Å². The van der Waals surface area contributed by atoms with Gasteiger partial charge in [-0.15, -0.1) is 0 Å². The molecule has 0 fully saturated rings. The molecule has 2 aromatic carbocycles. The second-order valence-corrected chi connectivity index (χ2v) is 7.22. The molecule has 0 saturated heterocycles. The van der Waals surface area contributed by atoms with E-state index in [9.17, 15) is 22.8 Å². The van der Waals surface area contributed by atoms with E-state index in [-0.39, 0.29) is 24.3 Å². The van der Waals surface area contributed by atoms with E-state index < -0.39 is 23.7 Å². The second-order valence-electron chi connectivity index (χ2n) is 7.22. The van der Waals surface area contributed by atoms with Gasteiger partial charge in [-0.1, -0.05) is 63.3 Å². The number of hydrogen-bond donors (Lipinski definition) is 0. The first kappa shape index (κ1) is 24.4. The molecular weight excluding hydrogens is 409 g/mol. The quantitative estimate of drug-likeness (QED) is 0.295. The van der Waals surface area contributed by atoms with Gasteiger partial charge in [-0.05, 0) is 36.2 Å². The minimum absolute atomic E-state index is 0.0577. The fraction of sp³-hybridized carbons (Fsp3) is 0.417. The monoisotopic (exact) mass is 436 g/mol. The summed E-state index contributed by atoms with van der Waals surface area (Å²) < 4.78 is 48.3. The Morgan fingerprint density at radius 3 is 1.90 bits per heavy atom. The number of hydrogen-bond acceptors (Lipinski definition) is 4. The Kier molecular flexibility index (Phi) is 9.56. The summed E-state index contributed by atoms with van der Waals surface area (Å²) in [5, 5.41) is 0. The Bertz CT molecular complexity index is 845. The lowest BCUT2D eigenvalue weighted by Gasteiger charge is -2.11. The summed E-state index contributed by atoms with van der Waals surface area (Å²) in [5.41, 5.74) is -0.209. The Morgan fingerprint density at radius 2 is 1.32 bits per heavy atom. The van der Waals surface area contributed by atoms with Crippen molar-refractivity contribution in [1.29, 1.82) is 0 Å². The van der Waals surface area contributed by atoms with Crippen LogP contribution in [0, 0.1) is 0 Å². The highest BCUT2D eigenvalue weighted by Crippen LogP contribution is 2.29. The van der Waals surface area contributed by atoms with Crippen molar-refractivity contribution in [2.75, 3.05) is 6.61 Å². The standard InChI is InChI=1S/C24H27F3O4/c1-2-3-4-5-6-9-16-30-22(28)20-10-7-8-11-21(20)23(29)31-17-18-12-14-19(15-13-18)24(25,26)27/h7-8,10-15H,2-6,9,16-17H2,1H3. The Morgan fingerprint density at radius 1 is 0.774 bits per heavy atom. The van der Waals surface area contributed by atoms with Crippen molar-refractivity contribution in [2.45, 2.75) is 58.2 Å². The smallest absolute Gasteiger partial charge is 0.416 e. The van der Waals surface area contributed by atoms with Crippen LogP contribution >= 0.6 is 0 Å². The molecule has 4 nitrogen and oxygen atoms in total. The van der Waals surface area contributed by atoms with Gasteiger partial charge in [0.25, 0.3) is 0 Å². The summed E-state index contributed by atoms with van der Waals surface area (Å²) in [4.78, 5) is 24.8. The van der Waals surface area contributed by atoms with Crippen molar-refractivity contribution in [3.63, 3.8) is 0 Å². The second kappa shape index (κ2) is 12.1. The number of esters is 2. The van der Waals surface area contributed by atoms with E-state index in [0.29, 0.717) is 5.56 Å². The van der Waals surface area contributed by atoms with Crippen LogP contribution in [0.2, 0.25) is 0 Å². The van der Waals surface area contributed by atoms with Gasteiger partial charge in [0.15, 0.2) is 0 Å². The summed E-state index contributed by atoms with van der Waals surface area (Å²) >= 11 is 0. The van der Waals surface area contributed by atoms with Gasteiger partial charge >= 0.3 is 18.1 Å². The molecule has 0 unspecified atom stereocenters. The van der Waals surface area contributed by atoms with Gasteiger partial charge in [-0.2, -0.15) is 13.2 Å². The third-order valence-corrected chi connectivity index (χ3v) is 4.75. The predicted molar refractivity (Wildman–Crippen MR) is 111 cm³/mol. The number of carbonyl (C=O) groups is 2. The Hall–Kier alpha value is -2.83. The number of unbranched alkanes of at least 4 members (excludes halogenated alkanes) is 5. The highest BCUT2D eigenvalue weighted by atomic mass is 19.4. The fourth-order valence-corrected chi connectivity index (χ4v) is 2.98. The van der Waals surface area contributed by atoms with Crippen LogP contribution in [-0.2, 0) is 22.3 Å². The summed E-state index contributed by atoms with van der Waals surface area (Å²) in [6, 6.07) is 10.5. The average molecular weight is 436 g/mol. The molecule has 0 aromatic heterocycles. The first-order chi connectivity index (χ1) is 14.8. The number of ether oxygens (including phenoxy) is 2. The van der Waals surface area contributed by atoms with E-state index in [1.54, 1.807) is 12.1 Å². The van der Waals surface area contributed by atoms with Gasteiger partial charge in [0.2, 0.25) is 0 Å². The zero-order valence-electron chi connectivity index (χ0n) is 17.5. The normalized spacial score (nSPS) is 11.2. The molecule has 2 aromatic rings. The van der Waals surface area contributed by atoms with E-state index >= 15 is 0 Å². The molecule has 0 radical (unpaired) electrons. The largest absolute Gasteiger partial charge is 0.462 e. The van der Waals surface area contributed by atoms with E-state index in [1.807, 2.05) is 0 Å². The fourth-order valence-electron chi connectivity index (χ4n) is 2.98. The number of benzene rings is 2. The Labute approximate surface area is 180 Å². The van der Waals surface area contributed by atoms with Gasteiger partial charge in [0.1, 0.15) is 6.61 Å². The van der Waals surface area contributed by atoms with Crippen LogP contribution in [0.1, 0.15) is 77.3 Å². The molecule has 0 bridgehead atoms. The number of rotatable bonds is 11. The summed E-state index contributed by atoms with van der Waals surface area (Å²) in [6.45, 7) is 2.21. The van der Waals surface area contributed by atoms with Crippen molar-refractivity contribution in [3.8, 4) is 0 Å². The zero-order chi connectivity index (χ0) is 22.7. The lowest BCUT2D eigenvalue weighted by Crippen LogP contribution is -2.14. The molecule has 2 rings (SSSR count). The lowest BCUT2D eigenvalue weighted by atomic mass is 10.1. The molecule has 0 saturated carbocycles. The van der Waals surface area contributed by atoms with Gasteiger partial charge in [-0.3, -0.25) is 0 Å². The van der Waals surface area contributed by atoms with Crippen molar-refractivity contribution in [2.24, 2.45) is 0 Å². The molecule has 0 aliphatic rings. The first-order valence-corrected chi connectivity index (χ1v) is 10.4. The lowest BCUT2D eigenvalue weighted by molar-refractivity contribution is -0.137. The van der Waals surface area contributed by atoms with E-state index in [4.69, 9.17) is 9.47 Å². The zero-order valence-corrected chi connectivity index (χ0v) is 17.5. The van der Waals surface area contributed by atoms with Crippen LogP contribution in [0.25, 0.3) is 0 Å². The first-order valence-electron chi connectivity index (χ1n) is 10.4. The molecule has 7 heteroatoms. The van der Waals surface area contributed by atoms with Crippen molar-refractivity contribution in [3.05, 3.63) is 70.8 Å². The number of halogens is 3. The molecule has 168 valence electrons. The maximum atomic E-state index is 12.6. The van der Waals surface area contributed by atoms with Crippen LogP contribution in [-0.4, -0.2) is 18.5 Å². The third kappa shape index (κ3) is 8.07. The highest BCUT2D eigenvalue weighted by Gasteiger charge is 2.30. The molecule has 0 heterocycles. The Balaban J connectivity index is 1.88.